The van der Waals surface area contributed by atoms with Gasteiger partial charge in [-0.1, -0.05) is 36.4 Å². The van der Waals surface area contributed by atoms with E-state index in [1.54, 1.807) is 72.8 Å². The summed E-state index contributed by atoms with van der Waals surface area (Å²) in [5.41, 5.74) is 3.73. The van der Waals surface area contributed by atoms with Crippen molar-refractivity contribution in [3.8, 4) is 22.8 Å². The van der Waals surface area contributed by atoms with Crippen molar-refractivity contribution in [2.24, 2.45) is 5.10 Å². The Labute approximate surface area is 221 Å². The molecule has 2 amide bonds. The molecule has 0 radical (unpaired) electrons. The van der Waals surface area contributed by atoms with E-state index in [1.165, 1.54) is 24.4 Å². The van der Waals surface area contributed by atoms with Crippen molar-refractivity contribution in [2.45, 2.75) is 0 Å². The highest BCUT2D eigenvalue weighted by molar-refractivity contribution is 6.05. The second kappa shape index (κ2) is 11.1. The first kappa shape index (κ1) is 25.0. The minimum atomic E-state index is -0.682. The van der Waals surface area contributed by atoms with E-state index in [-0.39, 0.29) is 18.2 Å². The molecule has 39 heavy (non-hydrogen) atoms. The fraction of sp³-hybridized carbons (Fsp3) is 0.0357. The van der Waals surface area contributed by atoms with Gasteiger partial charge >= 0.3 is 0 Å². The van der Waals surface area contributed by atoms with E-state index in [4.69, 9.17) is 13.9 Å². The molecule has 2 N–H and O–H groups in total. The molecule has 0 atom stereocenters. The van der Waals surface area contributed by atoms with Crippen molar-refractivity contribution in [2.75, 3.05) is 6.79 Å². The zero-order valence-electron chi connectivity index (χ0n) is 20.2. The van der Waals surface area contributed by atoms with Crippen LogP contribution in [0.5, 0.6) is 11.5 Å². The summed E-state index contributed by atoms with van der Waals surface area (Å²) >= 11 is 0. The van der Waals surface area contributed by atoms with E-state index >= 15 is 0 Å². The minimum absolute atomic E-state index is 0.0587. The first-order chi connectivity index (χ1) is 19.0. The SMILES string of the molecule is O=C(N/N=C\c1ccc(-c2cccc([N+](=O)[O-])c2)o1)/C(=C\c1ccc2c(c1)OCO2)NC(=O)c1ccccc1. The van der Waals surface area contributed by atoms with Gasteiger partial charge in [-0.05, 0) is 48.0 Å². The number of rotatable bonds is 8. The predicted octanol–water partition coefficient (Wildman–Crippen LogP) is 4.50. The van der Waals surface area contributed by atoms with Crippen LogP contribution in [0.1, 0.15) is 21.7 Å². The summed E-state index contributed by atoms with van der Waals surface area (Å²) in [6.45, 7) is 0.102. The standard InChI is InChI=1S/C28H20N4O7/c33-27(19-5-2-1-3-6-19)30-23(13-18-9-11-25-26(14-18)38-17-37-25)28(34)31-29-16-22-10-12-24(39-22)20-7-4-8-21(15-20)32(35)36/h1-16H,17H2,(H,30,33)(H,31,34)/b23-13+,29-16-. The summed E-state index contributed by atoms with van der Waals surface area (Å²) < 4.78 is 16.4. The van der Waals surface area contributed by atoms with Gasteiger partial charge in [-0.25, -0.2) is 5.43 Å². The number of benzene rings is 3. The lowest BCUT2D eigenvalue weighted by Gasteiger charge is -2.09. The van der Waals surface area contributed by atoms with Gasteiger partial charge in [0.1, 0.15) is 17.2 Å². The van der Waals surface area contributed by atoms with Gasteiger partial charge in [0.15, 0.2) is 11.5 Å². The van der Waals surface area contributed by atoms with E-state index in [9.17, 15) is 19.7 Å². The molecule has 0 bridgehead atoms. The Balaban J connectivity index is 1.33. The summed E-state index contributed by atoms with van der Waals surface area (Å²) in [7, 11) is 0. The number of nitrogens with one attached hydrogen (secondary N) is 2. The molecule has 0 aliphatic carbocycles. The van der Waals surface area contributed by atoms with E-state index < -0.39 is 16.7 Å². The zero-order chi connectivity index (χ0) is 27.2. The summed E-state index contributed by atoms with van der Waals surface area (Å²) in [5.74, 6) is 0.636. The number of amides is 2. The Hall–Kier alpha value is -5.71. The number of carbonyl (C=O) groups is 2. The maximum Gasteiger partial charge on any atom is 0.287 e. The molecule has 5 rings (SSSR count). The third-order valence-electron chi connectivity index (χ3n) is 5.56. The molecule has 4 aromatic rings. The molecule has 1 aromatic heterocycles. The third-order valence-corrected chi connectivity index (χ3v) is 5.56. The van der Waals surface area contributed by atoms with E-state index in [1.807, 2.05) is 0 Å². The van der Waals surface area contributed by atoms with Gasteiger partial charge in [0.2, 0.25) is 6.79 Å². The van der Waals surface area contributed by atoms with E-state index in [0.717, 1.165) is 0 Å². The number of furan rings is 1. The second-order valence-electron chi connectivity index (χ2n) is 8.20. The molecular weight excluding hydrogens is 504 g/mol. The van der Waals surface area contributed by atoms with Crippen LogP contribution in [0.15, 0.2) is 100 Å². The quantitative estimate of drug-likeness (QED) is 0.149. The maximum absolute atomic E-state index is 13.0. The van der Waals surface area contributed by atoms with Crippen LogP contribution in [-0.4, -0.2) is 29.7 Å². The summed E-state index contributed by atoms with van der Waals surface area (Å²) in [4.78, 5) is 36.3. The van der Waals surface area contributed by atoms with Crippen LogP contribution < -0.4 is 20.2 Å². The summed E-state index contributed by atoms with van der Waals surface area (Å²) in [5, 5.41) is 17.6. The van der Waals surface area contributed by atoms with Crippen molar-refractivity contribution < 1.29 is 28.4 Å². The lowest BCUT2D eigenvalue weighted by Crippen LogP contribution is -2.32. The number of hydrogen-bond acceptors (Lipinski definition) is 8. The largest absolute Gasteiger partial charge is 0.455 e. The van der Waals surface area contributed by atoms with Gasteiger partial charge in [0.25, 0.3) is 17.5 Å². The van der Waals surface area contributed by atoms with Gasteiger partial charge in [-0.15, -0.1) is 0 Å². The van der Waals surface area contributed by atoms with Crippen molar-refractivity contribution in [1.82, 2.24) is 10.7 Å². The highest BCUT2D eigenvalue weighted by Crippen LogP contribution is 2.33. The number of nitro benzene ring substituents is 1. The van der Waals surface area contributed by atoms with Crippen molar-refractivity contribution in [3.05, 3.63) is 118 Å². The molecule has 0 unspecified atom stereocenters. The smallest absolute Gasteiger partial charge is 0.287 e. The number of hydrogen-bond donors (Lipinski definition) is 2. The van der Waals surface area contributed by atoms with Gasteiger partial charge in [-0.3, -0.25) is 19.7 Å². The fourth-order valence-electron chi connectivity index (χ4n) is 3.68. The molecule has 1 aliphatic heterocycles. The fourth-order valence-corrected chi connectivity index (χ4v) is 3.68. The molecule has 11 heteroatoms. The molecule has 2 heterocycles. The van der Waals surface area contributed by atoms with E-state index in [0.29, 0.717) is 39.7 Å². The third kappa shape index (κ3) is 6.00. The van der Waals surface area contributed by atoms with Gasteiger partial charge in [0.05, 0.1) is 11.1 Å². The van der Waals surface area contributed by atoms with Crippen molar-refractivity contribution in [3.63, 3.8) is 0 Å². The van der Waals surface area contributed by atoms with Crippen LogP contribution in [0.2, 0.25) is 0 Å². The summed E-state index contributed by atoms with van der Waals surface area (Å²) in [6.07, 6.45) is 2.76. The maximum atomic E-state index is 13.0. The Bertz CT molecular complexity index is 1610. The number of ether oxygens (including phenoxy) is 2. The second-order valence-corrected chi connectivity index (χ2v) is 8.20. The highest BCUT2D eigenvalue weighted by atomic mass is 16.7. The van der Waals surface area contributed by atoms with Crippen molar-refractivity contribution >= 4 is 29.8 Å². The van der Waals surface area contributed by atoms with Crippen LogP contribution in [0, 0.1) is 10.1 Å². The monoisotopic (exact) mass is 524 g/mol. The highest BCUT2D eigenvalue weighted by Gasteiger charge is 2.17. The zero-order valence-corrected chi connectivity index (χ0v) is 20.2. The molecule has 0 spiro atoms. The average molecular weight is 524 g/mol. The molecular formula is C28H20N4O7. The van der Waals surface area contributed by atoms with Crippen LogP contribution >= 0.6 is 0 Å². The lowest BCUT2D eigenvalue weighted by atomic mass is 10.1. The number of nitro groups is 1. The molecule has 0 fully saturated rings. The number of fused-ring (bicyclic) bond motifs is 1. The van der Waals surface area contributed by atoms with Gasteiger partial charge < -0.3 is 19.2 Å². The first-order valence-electron chi connectivity index (χ1n) is 11.6. The van der Waals surface area contributed by atoms with Crippen LogP contribution in [-0.2, 0) is 4.79 Å². The van der Waals surface area contributed by atoms with Gasteiger partial charge in [0, 0.05) is 23.3 Å². The summed E-state index contributed by atoms with van der Waals surface area (Å²) in [6, 6.07) is 22.8. The molecule has 11 nitrogen and oxygen atoms in total. The first-order valence-corrected chi connectivity index (χ1v) is 11.6. The molecule has 194 valence electrons. The number of carbonyl (C=O) groups excluding carboxylic acids is 2. The number of hydrazone groups is 1. The normalized spacial score (nSPS) is 12.4. The Morgan fingerprint density at radius 1 is 0.923 bits per heavy atom. The minimum Gasteiger partial charge on any atom is -0.455 e. The van der Waals surface area contributed by atoms with Crippen LogP contribution in [0.25, 0.3) is 17.4 Å². The van der Waals surface area contributed by atoms with E-state index in [2.05, 4.69) is 15.8 Å². The van der Waals surface area contributed by atoms with Crippen molar-refractivity contribution in [1.29, 1.82) is 0 Å². The Morgan fingerprint density at radius 3 is 2.56 bits per heavy atom. The van der Waals surface area contributed by atoms with Crippen LogP contribution in [0.3, 0.4) is 0 Å². The number of non-ortho nitro benzene ring substituents is 1. The molecule has 3 aromatic carbocycles. The van der Waals surface area contributed by atoms with Gasteiger partial charge in [-0.2, -0.15) is 5.10 Å². The molecule has 1 aliphatic rings. The lowest BCUT2D eigenvalue weighted by molar-refractivity contribution is -0.384. The molecule has 0 saturated heterocycles. The average Bonchev–Trinajstić information content (AvgIpc) is 3.63. The Kier molecular flexibility index (Phi) is 7.13. The Morgan fingerprint density at radius 2 is 1.74 bits per heavy atom. The number of nitrogens with zero attached hydrogens (tertiary/aromatic N) is 2. The van der Waals surface area contributed by atoms with Crippen LogP contribution in [0.4, 0.5) is 5.69 Å². The topological polar surface area (TPSA) is 145 Å². The predicted molar refractivity (Wildman–Crippen MR) is 141 cm³/mol. The molecule has 0 saturated carbocycles.